The molecule has 122 valence electrons. The predicted molar refractivity (Wildman–Crippen MR) is 99.1 cm³/mol. The molecule has 25 heavy (non-hydrogen) atoms. The second-order valence-corrected chi connectivity index (χ2v) is 6.03. The summed E-state index contributed by atoms with van der Waals surface area (Å²) < 4.78 is 2.12. The van der Waals surface area contributed by atoms with Gasteiger partial charge in [0.15, 0.2) is 0 Å². The summed E-state index contributed by atoms with van der Waals surface area (Å²) in [7, 11) is 2.01. The molecule has 2 N–H and O–H groups in total. The third-order valence-electron chi connectivity index (χ3n) is 4.54. The molecule has 0 aliphatic carbocycles. The maximum atomic E-state index is 10.9. The average molecular weight is 330 g/mol. The van der Waals surface area contributed by atoms with E-state index in [1.54, 1.807) is 12.1 Å². The molecule has 0 unspecified atom stereocenters. The second-order valence-electron chi connectivity index (χ2n) is 6.03. The Bertz CT molecular complexity index is 1140. The number of non-ortho nitro benzene ring substituents is 1. The molecule has 0 aliphatic rings. The summed E-state index contributed by atoms with van der Waals surface area (Å²) in [6, 6.07) is 20.7. The van der Waals surface area contributed by atoms with Crippen molar-refractivity contribution >= 4 is 33.1 Å². The number of pyridine rings is 1. The van der Waals surface area contributed by atoms with Gasteiger partial charge >= 0.3 is 0 Å². The molecule has 0 amide bonds. The van der Waals surface area contributed by atoms with Crippen molar-refractivity contribution < 1.29 is 9.49 Å². The largest absolute Gasteiger partial charge is 0.399 e. The van der Waals surface area contributed by atoms with Crippen LogP contribution in [0.25, 0.3) is 32.9 Å². The molecule has 0 saturated heterocycles. The Hall–Kier alpha value is -3.47. The molecule has 5 nitrogen and oxygen atoms in total. The van der Waals surface area contributed by atoms with E-state index in [1.165, 1.54) is 12.1 Å². The number of nitrogen functional groups attached to an aromatic ring is 1. The Morgan fingerprint density at radius 3 is 2.36 bits per heavy atom. The average Bonchev–Trinajstić information content (AvgIpc) is 2.63. The smallest absolute Gasteiger partial charge is 0.269 e. The van der Waals surface area contributed by atoms with Crippen molar-refractivity contribution in [1.29, 1.82) is 0 Å². The number of fused-ring (bicyclic) bond motifs is 3. The second kappa shape index (κ2) is 5.56. The van der Waals surface area contributed by atoms with Crippen LogP contribution in [0.3, 0.4) is 0 Å². The lowest BCUT2D eigenvalue weighted by Crippen LogP contribution is -2.32. The molecular formula is C20H16N3O2+. The molecule has 1 aromatic heterocycles. The van der Waals surface area contributed by atoms with Gasteiger partial charge in [0, 0.05) is 34.8 Å². The Labute approximate surface area is 144 Å². The van der Waals surface area contributed by atoms with Gasteiger partial charge in [-0.25, -0.2) is 0 Å². The molecule has 0 atom stereocenters. The highest BCUT2D eigenvalue weighted by atomic mass is 16.6. The highest BCUT2D eigenvalue weighted by Crippen LogP contribution is 2.32. The standard InChI is InChI=1S/C20H15N3O2/c1-22-19-5-3-2-4-16(19)18-12-14(21)8-11-17(18)20(22)13-6-9-15(10-7-13)23(24)25/h2-12,21H,1H3/p+1. The van der Waals surface area contributed by atoms with Crippen LogP contribution in [-0.4, -0.2) is 4.92 Å². The summed E-state index contributed by atoms with van der Waals surface area (Å²) in [5.41, 5.74) is 9.81. The van der Waals surface area contributed by atoms with Gasteiger partial charge in [-0.05, 0) is 36.4 Å². The van der Waals surface area contributed by atoms with Crippen molar-refractivity contribution in [2.24, 2.45) is 7.05 Å². The van der Waals surface area contributed by atoms with Crippen molar-refractivity contribution in [3.63, 3.8) is 0 Å². The summed E-state index contributed by atoms with van der Waals surface area (Å²) >= 11 is 0. The van der Waals surface area contributed by atoms with Gasteiger partial charge in [0.2, 0.25) is 11.2 Å². The van der Waals surface area contributed by atoms with Gasteiger partial charge in [0.25, 0.3) is 5.69 Å². The summed E-state index contributed by atoms with van der Waals surface area (Å²) in [5.74, 6) is 0. The molecular weight excluding hydrogens is 314 g/mol. The maximum Gasteiger partial charge on any atom is 0.269 e. The number of nitrogens with two attached hydrogens (primary N) is 1. The molecule has 0 aliphatic heterocycles. The Morgan fingerprint density at radius 2 is 1.64 bits per heavy atom. The first kappa shape index (κ1) is 15.1. The molecule has 4 aromatic rings. The van der Waals surface area contributed by atoms with E-state index in [0.717, 1.165) is 32.9 Å². The third-order valence-corrected chi connectivity index (χ3v) is 4.54. The monoisotopic (exact) mass is 330 g/mol. The predicted octanol–water partition coefficient (Wildman–Crippen LogP) is 3.97. The Morgan fingerprint density at radius 1 is 0.920 bits per heavy atom. The summed E-state index contributed by atoms with van der Waals surface area (Å²) in [4.78, 5) is 10.5. The lowest BCUT2D eigenvalue weighted by atomic mass is 9.98. The number of nitro benzene ring substituents is 1. The van der Waals surface area contributed by atoms with E-state index >= 15 is 0 Å². The minimum absolute atomic E-state index is 0.0840. The Balaban J connectivity index is 2.11. The van der Waals surface area contributed by atoms with Gasteiger partial charge in [-0.3, -0.25) is 10.1 Å². The van der Waals surface area contributed by atoms with Crippen molar-refractivity contribution in [3.8, 4) is 11.3 Å². The van der Waals surface area contributed by atoms with Crippen molar-refractivity contribution in [2.75, 3.05) is 5.73 Å². The van der Waals surface area contributed by atoms with E-state index in [-0.39, 0.29) is 10.6 Å². The van der Waals surface area contributed by atoms with Crippen LogP contribution in [0.5, 0.6) is 0 Å². The van der Waals surface area contributed by atoms with Crippen molar-refractivity contribution in [1.82, 2.24) is 0 Å². The first-order valence-corrected chi connectivity index (χ1v) is 7.91. The number of rotatable bonds is 2. The minimum atomic E-state index is -0.386. The van der Waals surface area contributed by atoms with Crippen molar-refractivity contribution in [3.05, 3.63) is 76.8 Å². The zero-order valence-electron chi connectivity index (χ0n) is 13.6. The van der Waals surface area contributed by atoms with Crippen molar-refractivity contribution in [2.45, 2.75) is 0 Å². The number of para-hydroxylation sites is 1. The van der Waals surface area contributed by atoms with E-state index in [2.05, 4.69) is 16.7 Å². The van der Waals surface area contributed by atoms with Crippen LogP contribution < -0.4 is 10.3 Å². The molecule has 0 saturated carbocycles. The maximum absolute atomic E-state index is 10.9. The van der Waals surface area contributed by atoms with E-state index in [4.69, 9.17) is 5.73 Å². The number of nitro groups is 1. The fraction of sp³-hybridized carbons (Fsp3) is 0.0500. The fourth-order valence-corrected chi connectivity index (χ4v) is 3.38. The number of benzene rings is 3. The first-order chi connectivity index (χ1) is 12.1. The van der Waals surface area contributed by atoms with E-state index < -0.39 is 0 Å². The zero-order valence-corrected chi connectivity index (χ0v) is 13.6. The van der Waals surface area contributed by atoms with E-state index in [0.29, 0.717) is 5.69 Å². The van der Waals surface area contributed by atoms with Gasteiger partial charge in [-0.15, -0.1) is 0 Å². The topological polar surface area (TPSA) is 73.0 Å². The lowest BCUT2D eigenvalue weighted by Gasteiger charge is -2.10. The Kier molecular flexibility index (Phi) is 3.35. The van der Waals surface area contributed by atoms with E-state index in [9.17, 15) is 10.1 Å². The first-order valence-electron chi connectivity index (χ1n) is 7.91. The van der Waals surface area contributed by atoms with Gasteiger partial charge in [0.05, 0.1) is 15.7 Å². The highest BCUT2D eigenvalue weighted by Gasteiger charge is 2.21. The molecule has 0 radical (unpaired) electrons. The summed E-state index contributed by atoms with van der Waals surface area (Å²) in [6.45, 7) is 0. The summed E-state index contributed by atoms with van der Waals surface area (Å²) in [6.07, 6.45) is 0. The molecule has 0 fully saturated rings. The SMILES string of the molecule is C[n+]1c(-c2ccc([N+](=O)[O-])cc2)c2ccc(N)cc2c2ccccc21. The molecule has 5 heteroatoms. The number of aryl methyl sites for hydroxylation is 1. The number of anilines is 1. The zero-order chi connectivity index (χ0) is 17.6. The molecule has 0 spiro atoms. The van der Waals surface area contributed by atoms with Gasteiger partial charge in [-0.2, -0.15) is 4.57 Å². The van der Waals surface area contributed by atoms with Crippen LogP contribution in [0.1, 0.15) is 0 Å². The molecule has 4 rings (SSSR count). The van der Waals surface area contributed by atoms with Crippen LogP contribution in [-0.2, 0) is 7.05 Å². The molecule has 3 aromatic carbocycles. The molecule has 1 heterocycles. The van der Waals surface area contributed by atoms with Crippen LogP contribution >= 0.6 is 0 Å². The van der Waals surface area contributed by atoms with Crippen LogP contribution in [0.15, 0.2) is 66.7 Å². The highest BCUT2D eigenvalue weighted by molar-refractivity contribution is 6.09. The number of aromatic nitrogens is 1. The third kappa shape index (κ3) is 2.37. The van der Waals surface area contributed by atoms with E-state index in [1.807, 2.05) is 37.4 Å². The van der Waals surface area contributed by atoms with Gasteiger partial charge in [-0.1, -0.05) is 12.1 Å². The summed E-state index contributed by atoms with van der Waals surface area (Å²) in [5, 5.41) is 14.2. The molecule has 0 bridgehead atoms. The van der Waals surface area contributed by atoms with Crippen LogP contribution in [0.2, 0.25) is 0 Å². The van der Waals surface area contributed by atoms with Gasteiger partial charge in [0.1, 0.15) is 7.05 Å². The van der Waals surface area contributed by atoms with Crippen LogP contribution in [0, 0.1) is 10.1 Å². The fourth-order valence-electron chi connectivity index (χ4n) is 3.38. The minimum Gasteiger partial charge on any atom is -0.399 e. The number of hydrogen-bond acceptors (Lipinski definition) is 3. The lowest BCUT2D eigenvalue weighted by molar-refractivity contribution is -0.632. The quantitative estimate of drug-likeness (QED) is 0.199. The number of nitrogens with zero attached hydrogens (tertiary/aromatic N) is 2. The van der Waals surface area contributed by atoms with Gasteiger partial charge < -0.3 is 5.73 Å². The number of hydrogen-bond donors (Lipinski definition) is 1. The normalized spacial score (nSPS) is 11.1. The van der Waals surface area contributed by atoms with Crippen LogP contribution in [0.4, 0.5) is 11.4 Å².